The maximum absolute atomic E-state index is 17.2. The minimum atomic E-state index is -2.05. The number of alkyl halides is 1. The minimum absolute atomic E-state index is 0.0999. The molecule has 1 amide bonds. The van der Waals surface area contributed by atoms with Gasteiger partial charge in [-0.1, -0.05) is 31.6 Å². The Bertz CT molecular complexity index is 1010. The number of hydrogen-bond donors (Lipinski definition) is 4. The highest BCUT2D eigenvalue weighted by atomic mass is 19.1. The second-order valence-corrected chi connectivity index (χ2v) is 11.4. The first-order valence-corrected chi connectivity index (χ1v) is 13.0. The molecule has 37 heavy (non-hydrogen) atoms. The first kappa shape index (κ1) is 27.9. The highest BCUT2D eigenvalue weighted by Gasteiger charge is 2.75. The fourth-order valence-electron chi connectivity index (χ4n) is 7.73. The number of nitrogens with one attached hydrogen (secondary N) is 1. The van der Waals surface area contributed by atoms with E-state index in [1.807, 2.05) is 6.08 Å². The molecule has 4 aliphatic rings. The molecule has 0 aromatic heterocycles. The topological polar surface area (TPSA) is 142 Å². The normalized spacial score (nSPS) is 42.4. The summed E-state index contributed by atoms with van der Waals surface area (Å²) in [7, 11) is 0. The van der Waals surface area contributed by atoms with Gasteiger partial charge in [0.05, 0.1) is 25.9 Å². The molecule has 0 saturated heterocycles. The highest BCUT2D eigenvalue weighted by molar-refractivity contribution is 5.94. The lowest BCUT2D eigenvalue weighted by molar-refractivity contribution is -0.215. The molecule has 4 N–H and O–H groups in total. The molecule has 0 aromatic rings. The van der Waals surface area contributed by atoms with Gasteiger partial charge in [-0.25, -0.2) is 9.18 Å². The second kappa shape index (κ2) is 9.87. The molecular formula is C27H38FNO8. The van der Waals surface area contributed by atoms with Crippen LogP contribution in [0.5, 0.6) is 0 Å². The number of halogens is 1. The second-order valence-electron chi connectivity index (χ2n) is 11.4. The summed E-state index contributed by atoms with van der Waals surface area (Å²) in [4.78, 5) is 37.4. The van der Waals surface area contributed by atoms with Crippen LogP contribution < -0.4 is 5.32 Å². The third kappa shape index (κ3) is 4.07. The molecule has 0 radical (unpaired) electrons. The number of carbonyl (C=O) groups is 3. The van der Waals surface area contributed by atoms with Gasteiger partial charge in [-0.3, -0.25) is 9.59 Å². The predicted molar refractivity (Wildman–Crippen MR) is 130 cm³/mol. The summed E-state index contributed by atoms with van der Waals surface area (Å²) in [5.41, 5.74) is -5.60. The number of rotatable bonds is 8. The Morgan fingerprint density at radius 1 is 1.24 bits per heavy atom. The zero-order valence-corrected chi connectivity index (χ0v) is 21.7. The molecule has 0 bridgehead atoms. The van der Waals surface area contributed by atoms with E-state index < -0.39 is 64.4 Å². The van der Waals surface area contributed by atoms with Gasteiger partial charge in [0, 0.05) is 29.7 Å². The molecule has 0 spiro atoms. The van der Waals surface area contributed by atoms with Crippen LogP contribution >= 0.6 is 0 Å². The number of aliphatic hydroxyl groups excluding tert-OH is 2. The Morgan fingerprint density at radius 3 is 2.68 bits per heavy atom. The number of ether oxygens (including phenoxy) is 2. The van der Waals surface area contributed by atoms with E-state index in [1.165, 1.54) is 6.08 Å². The molecule has 2 fully saturated rings. The van der Waals surface area contributed by atoms with Gasteiger partial charge in [0.2, 0.25) is 5.78 Å². The maximum Gasteiger partial charge on any atom is 0.407 e. The number of aliphatic hydroxyl groups is 3. The quantitative estimate of drug-likeness (QED) is 0.278. The van der Waals surface area contributed by atoms with Gasteiger partial charge in [-0.2, -0.15) is 0 Å². The number of Topliss-reactive ketones (excluding diaryl/α,β-unsaturated/α-hetero) is 1. The van der Waals surface area contributed by atoms with Crippen LogP contribution in [0.2, 0.25) is 0 Å². The Morgan fingerprint density at radius 2 is 1.97 bits per heavy atom. The zero-order valence-electron chi connectivity index (χ0n) is 21.7. The van der Waals surface area contributed by atoms with Gasteiger partial charge in [0.15, 0.2) is 18.1 Å². The number of amides is 1. The molecule has 0 aliphatic heterocycles. The monoisotopic (exact) mass is 523 g/mol. The van der Waals surface area contributed by atoms with E-state index >= 15 is 4.39 Å². The van der Waals surface area contributed by atoms with Crippen molar-refractivity contribution in [1.82, 2.24) is 5.32 Å². The third-order valence-corrected chi connectivity index (χ3v) is 9.70. The molecule has 0 heterocycles. The SMILES string of the molecule is C[C@@H]1CC2C3CC=C4CC(=O)C=CC4(C)[C@@]3(F)C(O)CC2(C)[C@@]1(O)C(=O)COC(=O)NCCOCCO. The van der Waals surface area contributed by atoms with E-state index in [0.717, 1.165) is 0 Å². The van der Waals surface area contributed by atoms with E-state index in [1.54, 1.807) is 26.8 Å². The Hall–Kier alpha value is -2.14. The Labute approximate surface area is 216 Å². The number of fused-ring (bicyclic) bond motifs is 5. The molecule has 9 nitrogen and oxygen atoms in total. The zero-order chi connectivity index (χ0) is 27.2. The van der Waals surface area contributed by atoms with Gasteiger partial charge in [-0.15, -0.1) is 0 Å². The van der Waals surface area contributed by atoms with Crippen molar-refractivity contribution >= 4 is 17.7 Å². The van der Waals surface area contributed by atoms with E-state index in [0.29, 0.717) is 18.4 Å². The summed E-state index contributed by atoms with van der Waals surface area (Å²) in [6, 6.07) is 0. The summed E-state index contributed by atoms with van der Waals surface area (Å²) < 4.78 is 27.3. The van der Waals surface area contributed by atoms with E-state index in [4.69, 9.17) is 14.6 Å². The highest BCUT2D eigenvalue weighted by Crippen LogP contribution is 2.70. The van der Waals surface area contributed by atoms with Crippen molar-refractivity contribution in [2.45, 2.75) is 63.8 Å². The smallest absolute Gasteiger partial charge is 0.407 e. The molecule has 2 saturated carbocycles. The molecule has 4 aliphatic carbocycles. The number of carbonyl (C=O) groups excluding carboxylic acids is 3. The number of allylic oxidation sites excluding steroid dienone is 4. The summed E-state index contributed by atoms with van der Waals surface area (Å²) in [6.45, 7) is 4.79. The first-order valence-electron chi connectivity index (χ1n) is 13.0. The van der Waals surface area contributed by atoms with Crippen LogP contribution in [0.1, 0.15) is 46.5 Å². The molecule has 4 rings (SSSR count). The van der Waals surface area contributed by atoms with Crippen LogP contribution in [0.25, 0.3) is 0 Å². The van der Waals surface area contributed by atoms with Gasteiger partial charge < -0.3 is 30.1 Å². The predicted octanol–water partition coefficient (Wildman–Crippen LogP) is 1.64. The van der Waals surface area contributed by atoms with Crippen LogP contribution in [0.4, 0.5) is 9.18 Å². The average molecular weight is 524 g/mol. The van der Waals surface area contributed by atoms with Crippen LogP contribution in [-0.4, -0.2) is 83.3 Å². The van der Waals surface area contributed by atoms with Gasteiger partial charge in [0.25, 0.3) is 0 Å². The van der Waals surface area contributed by atoms with Crippen LogP contribution in [0.15, 0.2) is 23.8 Å². The van der Waals surface area contributed by atoms with Gasteiger partial charge in [-0.05, 0) is 44.1 Å². The average Bonchev–Trinajstić information content (AvgIpc) is 3.05. The maximum atomic E-state index is 17.2. The third-order valence-electron chi connectivity index (χ3n) is 9.70. The van der Waals surface area contributed by atoms with Crippen molar-refractivity contribution in [3.05, 3.63) is 23.8 Å². The van der Waals surface area contributed by atoms with Crippen molar-refractivity contribution < 1.29 is 43.6 Å². The standard InChI is InChI=1S/C27H38FNO8/c1-16-12-20-19-5-4-17-13-18(31)6-7-24(17,2)26(19,28)21(32)14-25(20,3)27(16,35)22(33)15-37-23(34)29-8-10-36-11-9-30/h4,6-7,16,19-21,30,32,35H,5,8-15H2,1-3H3,(H,29,34)/t16-,19?,20?,21?,24?,25?,26+,27+/m1/s1. The van der Waals surface area contributed by atoms with Crippen molar-refractivity contribution in [2.24, 2.45) is 28.6 Å². The van der Waals surface area contributed by atoms with Gasteiger partial charge in [0.1, 0.15) is 5.60 Å². The molecule has 5 unspecified atom stereocenters. The number of alkyl carbamates (subject to hydrolysis) is 1. The first-order chi connectivity index (χ1) is 17.4. The minimum Gasteiger partial charge on any atom is -0.441 e. The summed E-state index contributed by atoms with van der Waals surface area (Å²) in [6.07, 6.45) is 3.18. The van der Waals surface area contributed by atoms with Crippen LogP contribution in [-0.2, 0) is 19.1 Å². The van der Waals surface area contributed by atoms with E-state index in [2.05, 4.69) is 5.32 Å². The fourth-order valence-corrected chi connectivity index (χ4v) is 7.73. The van der Waals surface area contributed by atoms with Crippen molar-refractivity contribution in [3.8, 4) is 0 Å². The van der Waals surface area contributed by atoms with Crippen LogP contribution in [0, 0.1) is 28.6 Å². The molecule has 206 valence electrons. The fraction of sp³-hybridized carbons (Fsp3) is 0.741. The lowest BCUT2D eigenvalue weighted by Crippen LogP contribution is -2.69. The van der Waals surface area contributed by atoms with Crippen LogP contribution in [0.3, 0.4) is 0 Å². The summed E-state index contributed by atoms with van der Waals surface area (Å²) >= 11 is 0. The van der Waals surface area contributed by atoms with Crippen molar-refractivity contribution in [3.63, 3.8) is 0 Å². The lowest BCUT2D eigenvalue weighted by atomic mass is 9.45. The number of ketones is 2. The lowest BCUT2D eigenvalue weighted by Gasteiger charge is -2.62. The number of hydrogen-bond acceptors (Lipinski definition) is 8. The van der Waals surface area contributed by atoms with E-state index in [-0.39, 0.29) is 45.0 Å². The Balaban J connectivity index is 1.53. The molecular weight excluding hydrogens is 485 g/mol. The Kier molecular flexibility index (Phi) is 7.44. The molecule has 10 heteroatoms. The summed E-state index contributed by atoms with van der Waals surface area (Å²) in [5.74, 6) is -2.42. The molecule has 8 atom stereocenters. The van der Waals surface area contributed by atoms with Gasteiger partial charge >= 0.3 is 6.09 Å². The van der Waals surface area contributed by atoms with Crippen molar-refractivity contribution in [1.29, 1.82) is 0 Å². The molecule has 0 aromatic carbocycles. The van der Waals surface area contributed by atoms with E-state index in [9.17, 15) is 24.6 Å². The van der Waals surface area contributed by atoms with Crippen molar-refractivity contribution in [2.75, 3.05) is 33.0 Å². The largest absolute Gasteiger partial charge is 0.441 e. The summed E-state index contributed by atoms with van der Waals surface area (Å²) in [5, 5.41) is 34.4.